The van der Waals surface area contributed by atoms with Crippen molar-refractivity contribution in [2.45, 2.75) is 13.5 Å². The van der Waals surface area contributed by atoms with Gasteiger partial charge in [-0.2, -0.15) is 0 Å². The lowest BCUT2D eigenvalue weighted by molar-refractivity contribution is -0.385. The monoisotopic (exact) mass is 288 g/mol. The molecule has 0 atom stereocenters. The summed E-state index contributed by atoms with van der Waals surface area (Å²) in [5.74, 6) is -1.13. The normalized spacial score (nSPS) is 10.1. The van der Waals surface area contributed by atoms with Gasteiger partial charge in [-0.1, -0.05) is 6.07 Å². The number of aryl methyl sites for hydroxylation is 1. The highest BCUT2D eigenvalue weighted by molar-refractivity contribution is 5.92. The van der Waals surface area contributed by atoms with Gasteiger partial charge in [-0.3, -0.25) is 15.1 Å². The summed E-state index contributed by atoms with van der Waals surface area (Å²) in [5.41, 5.74) is 0.782. The summed E-state index contributed by atoms with van der Waals surface area (Å²) in [6, 6.07) is 7.29. The largest absolute Gasteiger partial charge is 0.487 e. The molecule has 1 aromatic carbocycles. The Kier molecular flexibility index (Phi) is 4.13. The van der Waals surface area contributed by atoms with Crippen LogP contribution in [0.25, 0.3) is 0 Å². The van der Waals surface area contributed by atoms with Crippen molar-refractivity contribution in [3.8, 4) is 5.75 Å². The number of nitro groups is 1. The molecule has 0 unspecified atom stereocenters. The molecule has 0 bridgehead atoms. The zero-order valence-corrected chi connectivity index (χ0v) is 11.1. The zero-order valence-electron chi connectivity index (χ0n) is 11.1. The number of ether oxygens (including phenoxy) is 1. The van der Waals surface area contributed by atoms with E-state index in [0.717, 1.165) is 17.7 Å². The Balaban J connectivity index is 2.22. The molecule has 108 valence electrons. The van der Waals surface area contributed by atoms with Crippen molar-refractivity contribution in [2.24, 2.45) is 0 Å². The molecule has 2 aromatic rings. The first-order valence-electron chi connectivity index (χ1n) is 6.04. The third-order valence-corrected chi connectivity index (χ3v) is 2.89. The first kappa shape index (κ1) is 14.4. The highest BCUT2D eigenvalue weighted by atomic mass is 16.6. The van der Waals surface area contributed by atoms with E-state index in [9.17, 15) is 14.9 Å². The van der Waals surface area contributed by atoms with Crippen molar-refractivity contribution in [1.29, 1.82) is 0 Å². The van der Waals surface area contributed by atoms with Crippen molar-refractivity contribution >= 4 is 11.7 Å². The van der Waals surface area contributed by atoms with E-state index in [2.05, 4.69) is 4.98 Å². The molecule has 0 aliphatic heterocycles. The van der Waals surface area contributed by atoms with E-state index < -0.39 is 22.1 Å². The second-order valence-electron chi connectivity index (χ2n) is 4.30. The van der Waals surface area contributed by atoms with Crippen molar-refractivity contribution < 1.29 is 19.6 Å². The average Bonchev–Trinajstić information content (AvgIpc) is 2.46. The quantitative estimate of drug-likeness (QED) is 0.670. The molecule has 0 fully saturated rings. The minimum Gasteiger partial charge on any atom is -0.487 e. The molecular formula is C14H12N2O5. The van der Waals surface area contributed by atoms with Gasteiger partial charge in [-0.05, 0) is 24.6 Å². The van der Waals surface area contributed by atoms with Gasteiger partial charge in [0.05, 0.1) is 10.6 Å². The summed E-state index contributed by atoms with van der Waals surface area (Å²) >= 11 is 0. The van der Waals surface area contributed by atoms with E-state index in [0.29, 0.717) is 5.69 Å². The van der Waals surface area contributed by atoms with Crippen LogP contribution in [0.1, 0.15) is 21.6 Å². The summed E-state index contributed by atoms with van der Waals surface area (Å²) in [7, 11) is 0. The Morgan fingerprint density at radius 1 is 1.43 bits per heavy atom. The summed E-state index contributed by atoms with van der Waals surface area (Å²) in [6.07, 6.45) is 1.63. The van der Waals surface area contributed by atoms with Gasteiger partial charge in [0.1, 0.15) is 17.9 Å². The Morgan fingerprint density at radius 3 is 2.81 bits per heavy atom. The maximum Gasteiger partial charge on any atom is 0.342 e. The van der Waals surface area contributed by atoms with Crippen LogP contribution in [0.2, 0.25) is 0 Å². The molecule has 1 heterocycles. The lowest BCUT2D eigenvalue weighted by Crippen LogP contribution is -2.05. The zero-order chi connectivity index (χ0) is 15.4. The second-order valence-corrected chi connectivity index (χ2v) is 4.30. The minimum atomic E-state index is -1.37. The molecule has 0 aliphatic carbocycles. The van der Waals surface area contributed by atoms with Gasteiger partial charge in [0.15, 0.2) is 0 Å². The Labute approximate surface area is 120 Å². The molecule has 0 saturated heterocycles. The van der Waals surface area contributed by atoms with Crippen LogP contribution in [0.5, 0.6) is 5.75 Å². The molecule has 2 rings (SSSR count). The van der Waals surface area contributed by atoms with Gasteiger partial charge >= 0.3 is 5.97 Å². The Morgan fingerprint density at radius 2 is 2.19 bits per heavy atom. The average molecular weight is 288 g/mol. The van der Waals surface area contributed by atoms with E-state index in [1.165, 1.54) is 6.07 Å². The van der Waals surface area contributed by atoms with Crippen LogP contribution in [0.4, 0.5) is 5.69 Å². The summed E-state index contributed by atoms with van der Waals surface area (Å²) in [5, 5.41) is 19.7. The molecule has 0 amide bonds. The van der Waals surface area contributed by atoms with Gasteiger partial charge in [0.25, 0.3) is 5.69 Å². The van der Waals surface area contributed by atoms with E-state index in [1.54, 1.807) is 12.3 Å². The number of benzene rings is 1. The predicted molar refractivity (Wildman–Crippen MR) is 73.4 cm³/mol. The van der Waals surface area contributed by atoms with E-state index in [-0.39, 0.29) is 12.4 Å². The first-order chi connectivity index (χ1) is 9.99. The van der Waals surface area contributed by atoms with Gasteiger partial charge in [0, 0.05) is 18.3 Å². The highest BCUT2D eigenvalue weighted by Crippen LogP contribution is 2.24. The van der Waals surface area contributed by atoms with E-state index >= 15 is 0 Å². The number of pyridine rings is 1. The standard InChI is InChI=1S/C14H12N2O5/c1-9-3-2-6-15-12(9)8-21-10-4-5-13(16(19)20)11(7-10)14(17)18/h2-7H,8H2,1H3,(H,17,18). The van der Waals surface area contributed by atoms with Gasteiger partial charge in [-0.15, -0.1) is 0 Å². The first-order valence-corrected chi connectivity index (χ1v) is 6.04. The maximum atomic E-state index is 11.0. The smallest absolute Gasteiger partial charge is 0.342 e. The predicted octanol–water partition coefficient (Wildman–Crippen LogP) is 2.58. The van der Waals surface area contributed by atoms with Crippen LogP contribution in [0.15, 0.2) is 36.5 Å². The van der Waals surface area contributed by atoms with E-state index in [1.807, 2.05) is 13.0 Å². The Bertz CT molecular complexity index is 700. The fourth-order valence-corrected chi connectivity index (χ4v) is 1.76. The van der Waals surface area contributed by atoms with Gasteiger partial charge in [0.2, 0.25) is 0 Å². The maximum absolute atomic E-state index is 11.0. The van der Waals surface area contributed by atoms with Crippen LogP contribution in [0, 0.1) is 17.0 Å². The molecule has 0 aliphatic rings. The fourth-order valence-electron chi connectivity index (χ4n) is 1.76. The number of carboxylic acid groups (broad SMARTS) is 1. The number of nitro benzene ring substituents is 1. The fraction of sp³-hybridized carbons (Fsp3) is 0.143. The summed E-state index contributed by atoms with van der Waals surface area (Å²) in [4.78, 5) is 25.2. The number of aromatic carboxylic acids is 1. The van der Waals surface area contributed by atoms with Crippen LogP contribution < -0.4 is 4.74 Å². The number of hydrogen-bond donors (Lipinski definition) is 1. The molecule has 0 spiro atoms. The van der Waals surface area contributed by atoms with Crippen molar-refractivity contribution in [3.05, 3.63) is 63.5 Å². The molecule has 7 heteroatoms. The number of rotatable bonds is 5. The topological polar surface area (TPSA) is 103 Å². The van der Waals surface area contributed by atoms with E-state index in [4.69, 9.17) is 9.84 Å². The van der Waals surface area contributed by atoms with Crippen molar-refractivity contribution in [2.75, 3.05) is 0 Å². The number of carbonyl (C=O) groups is 1. The third kappa shape index (κ3) is 3.33. The SMILES string of the molecule is Cc1cccnc1COc1ccc([N+](=O)[O-])c(C(=O)O)c1. The van der Waals surface area contributed by atoms with Crippen LogP contribution in [0.3, 0.4) is 0 Å². The molecule has 1 N–H and O–H groups in total. The minimum absolute atomic E-state index is 0.156. The van der Waals surface area contributed by atoms with Gasteiger partial charge in [-0.25, -0.2) is 4.79 Å². The van der Waals surface area contributed by atoms with Crippen molar-refractivity contribution in [3.63, 3.8) is 0 Å². The molecule has 7 nitrogen and oxygen atoms in total. The molecule has 1 aromatic heterocycles. The third-order valence-electron chi connectivity index (χ3n) is 2.89. The second kappa shape index (κ2) is 6.00. The van der Waals surface area contributed by atoms with Gasteiger partial charge < -0.3 is 9.84 Å². The molecular weight excluding hydrogens is 276 g/mol. The number of hydrogen-bond acceptors (Lipinski definition) is 5. The van der Waals surface area contributed by atoms with Crippen LogP contribution >= 0.6 is 0 Å². The summed E-state index contributed by atoms with van der Waals surface area (Å²) < 4.78 is 5.45. The lowest BCUT2D eigenvalue weighted by atomic mass is 10.1. The summed E-state index contributed by atoms with van der Waals surface area (Å²) in [6.45, 7) is 2.04. The highest BCUT2D eigenvalue weighted by Gasteiger charge is 2.20. The number of carboxylic acids is 1. The van der Waals surface area contributed by atoms with Crippen molar-refractivity contribution in [1.82, 2.24) is 4.98 Å². The number of aromatic nitrogens is 1. The molecule has 21 heavy (non-hydrogen) atoms. The lowest BCUT2D eigenvalue weighted by Gasteiger charge is -2.08. The molecule has 0 radical (unpaired) electrons. The van der Waals surface area contributed by atoms with Crippen LogP contribution in [-0.4, -0.2) is 21.0 Å². The Hall–Kier alpha value is -2.96. The van der Waals surface area contributed by atoms with Crippen LogP contribution in [-0.2, 0) is 6.61 Å². The number of nitrogens with zero attached hydrogens (tertiary/aromatic N) is 2. The molecule has 0 saturated carbocycles.